The summed E-state index contributed by atoms with van der Waals surface area (Å²) in [5.74, 6) is 0.507. The number of amides is 1. The van der Waals surface area contributed by atoms with Crippen molar-refractivity contribution < 1.29 is 4.79 Å². The Morgan fingerprint density at radius 2 is 2.00 bits per heavy atom. The van der Waals surface area contributed by atoms with Crippen LogP contribution in [0.3, 0.4) is 0 Å². The molecule has 76 valence electrons. The van der Waals surface area contributed by atoms with Crippen LogP contribution in [-0.2, 0) is 4.79 Å². The molecule has 0 unspecified atom stereocenters. The van der Waals surface area contributed by atoms with E-state index in [-0.39, 0.29) is 5.91 Å². The van der Waals surface area contributed by atoms with Crippen LogP contribution in [0.1, 0.15) is 6.92 Å². The first-order chi connectivity index (χ1) is 6.39. The zero-order valence-corrected chi connectivity index (χ0v) is 11.8. The van der Waals surface area contributed by atoms with E-state index < -0.39 is 18.4 Å². The van der Waals surface area contributed by atoms with Crippen molar-refractivity contribution in [3.8, 4) is 0 Å². The van der Waals surface area contributed by atoms with Gasteiger partial charge in [0.25, 0.3) is 0 Å². The molecule has 0 aliphatic carbocycles. The SMILES string of the molecule is CC(=O)Nc1c[c]([Sn]([CH3])([CH3])[CH3])ncn1. The number of nitrogens with zero attached hydrogens (tertiary/aromatic N) is 2. The number of anilines is 1. The number of carbonyl (C=O) groups excluding carboxylic acids is 1. The molecule has 5 heteroatoms. The Hall–Kier alpha value is -0.651. The topological polar surface area (TPSA) is 54.9 Å². The zero-order chi connectivity index (χ0) is 10.8. The predicted octanol–water partition coefficient (Wildman–Crippen LogP) is 0.980. The second kappa shape index (κ2) is 4.25. The van der Waals surface area contributed by atoms with Gasteiger partial charge in [-0.2, -0.15) is 0 Å². The third kappa shape index (κ3) is 3.25. The van der Waals surface area contributed by atoms with Crippen molar-refractivity contribution in [1.29, 1.82) is 0 Å². The van der Waals surface area contributed by atoms with Gasteiger partial charge in [-0.05, 0) is 0 Å². The number of rotatable bonds is 2. The minimum absolute atomic E-state index is 0.0984. The minimum atomic E-state index is -2.13. The number of hydrogen-bond donors (Lipinski definition) is 1. The van der Waals surface area contributed by atoms with Gasteiger partial charge < -0.3 is 0 Å². The van der Waals surface area contributed by atoms with E-state index in [0.29, 0.717) is 5.82 Å². The maximum atomic E-state index is 10.8. The average molecular weight is 300 g/mol. The number of carbonyl (C=O) groups is 1. The second-order valence-electron chi connectivity index (χ2n) is 4.22. The van der Waals surface area contributed by atoms with Gasteiger partial charge in [0.05, 0.1) is 0 Å². The van der Waals surface area contributed by atoms with E-state index in [1.807, 2.05) is 6.07 Å². The fourth-order valence-electron chi connectivity index (χ4n) is 1.02. The van der Waals surface area contributed by atoms with Crippen molar-refractivity contribution in [2.45, 2.75) is 21.7 Å². The number of hydrogen-bond acceptors (Lipinski definition) is 3. The number of nitrogens with one attached hydrogen (secondary N) is 1. The van der Waals surface area contributed by atoms with E-state index in [1.165, 1.54) is 13.3 Å². The second-order valence-corrected chi connectivity index (χ2v) is 18.5. The third-order valence-electron chi connectivity index (χ3n) is 1.74. The van der Waals surface area contributed by atoms with Crippen molar-refractivity contribution in [2.24, 2.45) is 0 Å². The van der Waals surface area contributed by atoms with E-state index in [0.717, 1.165) is 3.71 Å². The third-order valence-corrected chi connectivity index (χ3v) is 6.91. The molecule has 0 aliphatic heterocycles. The van der Waals surface area contributed by atoms with Crippen LogP contribution in [0.15, 0.2) is 12.4 Å². The molecule has 1 aromatic heterocycles. The molecule has 1 aromatic rings. The van der Waals surface area contributed by atoms with Gasteiger partial charge in [0.2, 0.25) is 0 Å². The first kappa shape index (κ1) is 11.4. The molecule has 0 spiro atoms. The van der Waals surface area contributed by atoms with Gasteiger partial charge in [-0.3, -0.25) is 0 Å². The molecule has 0 saturated heterocycles. The molecule has 0 saturated carbocycles. The molecule has 0 bridgehead atoms. The van der Waals surface area contributed by atoms with Crippen molar-refractivity contribution in [1.82, 2.24) is 9.97 Å². The van der Waals surface area contributed by atoms with E-state index >= 15 is 0 Å². The molecule has 1 N–H and O–H groups in total. The van der Waals surface area contributed by atoms with Crippen LogP contribution in [0.25, 0.3) is 0 Å². The standard InChI is InChI=1S/C6H6N3O.3CH3.Sn/c1-5(10)9-6-2-3-7-4-8-6;;;;/h2,4H,1H3,(H,7,8,9,10);3*1H3;. The normalized spacial score (nSPS) is 11.1. The molecule has 14 heavy (non-hydrogen) atoms. The first-order valence-corrected chi connectivity index (χ1v) is 14.5. The van der Waals surface area contributed by atoms with E-state index in [4.69, 9.17) is 0 Å². The van der Waals surface area contributed by atoms with Crippen LogP contribution in [0.5, 0.6) is 0 Å². The summed E-state index contributed by atoms with van der Waals surface area (Å²) in [6, 6.07) is 1.89. The van der Waals surface area contributed by atoms with E-state index in [9.17, 15) is 4.79 Å². The molecule has 0 aromatic carbocycles. The van der Waals surface area contributed by atoms with Crippen LogP contribution in [-0.4, -0.2) is 34.3 Å². The van der Waals surface area contributed by atoms with Gasteiger partial charge in [0.15, 0.2) is 0 Å². The summed E-state index contributed by atoms with van der Waals surface area (Å²) >= 11 is -2.13. The van der Waals surface area contributed by atoms with Crippen LogP contribution in [0.2, 0.25) is 14.8 Å². The molecular weight excluding hydrogens is 285 g/mol. The monoisotopic (exact) mass is 301 g/mol. The Labute approximate surface area is 88.0 Å². The summed E-state index contributed by atoms with van der Waals surface area (Å²) in [5, 5.41) is 2.66. The summed E-state index contributed by atoms with van der Waals surface area (Å²) in [6.07, 6.45) is 1.52. The predicted molar refractivity (Wildman–Crippen MR) is 59.3 cm³/mol. The molecule has 0 atom stereocenters. The Bertz CT molecular complexity index is 346. The van der Waals surface area contributed by atoms with Crippen LogP contribution in [0.4, 0.5) is 5.82 Å². The molecule has 4 nitrogen and oxygen atoms in total. The summed E-state index contributed by atoms with van der Waals surface area (Å²) in [7, 11) is 0. The van der Waals surface area contributed by atoms with Gasteiger partial charge in [-0.25, -0.2) is 0 Å². The fourth-order valence-corrected chi connectivity index (χ4v) is 3.91. The average Bonchev–Trinajstić information content (AvgIpc) is 2.01. The molecule has 0 fully saturated rings. The van der Waals surface area contributed by atoms with Crippen molar-refractivity contribution in [3.63, 3.8) is 0 Å². The molecular formula is C9H15N3OSn. The zero-order valence-electron chi connectivity index (χ0n) is 8.96. The van der Waals surface area contributed by atoms with Gasteiger partial charge >= 0.3 is 88.0 Å². The molecule has 1 heterocycles. The van der Waals surface area contributed by atoms with Crippen LogP contribution < -0.4 is 9.03 Å². The van der Waals surface area contributed by atoms with Gasteiger partial charge in [-0.1, -0.05) is 0 Å². The van der Waals surface area contributed by atoms with Crippen molar-refractivity contribution in [3.05, 3.63) is 12.4 Å². The Balaban J connectivity index is 2.95. The summed E-state index contributed by atoms with van der Waals surface area (Å²) in [5.41, 5.74) is 0. The molecule has 1 amide bonds. The Kier molecular flexibility index (Phi) is 3.47. The van der Waals surface area contributed by atoms with Crippen molar-refractivity contribution in [2.75, 3.05) is 5.32 Å². The molecule has 0 aliphatic rings. The Morgan fingerprint density at radius 1 is 1.36 bits per heavy atom. The van der Waals surface area contributed by atoms with Gasteiger partial charge in [0, 0.05) is 0 Å². The summed E-state index contributed by atoms with van der Waals surface area (Å²) in [4.78, 5) is 25.9. The first-order valence-electron chi connectivity index (χ1n) is 4.50. The quantitative estimate of drug-likeness (QED) is 0.828. The summed E-state index contributed by atoms with van der Waals surface area (Å²) < 4.78 is 1.12. The molecule has 0 radical (unpaired) electrons. The number of aromatic nitrogens is 2. The summed E-state index contributed by atoms with van der Waals surface area (Å²) in [6.45, 7) is 1.47. The fraction of sp³-hybridized carbons (Fsp3) is 0.444. The maximum absolute atomic E-state index is 10.8. The van der Waals surface area contributed by atoms with Gasteiger partial charge in [-0.15, -0.1) is 0 Å². The van der Waals surface area contributed by atoms with Crippen molar-refractivity contribution >= 4 is 33.8 Å². The van der Waals surface area contributed by atoms with E-state index in [2.05, 4.69) is 30.1 Å². The van der Waals surface area contributed by atoms with Crippen LogP contribution in [0, 0.1) is 0 Å². The molecule has 1 rings (SSSR count). The van der Waals surface area contributed by atoms with Crippen LogP contribution >= 0.6 is 0 Å². The van der Waals surface area contributed by atoms with Gasteiger partial charge in [0.1, 0.15) is 0 Å². The van der Waals surface area contributed by atoms with E-state index in [1.54, 1.807) is 0 Å². The Morgan fingerprint density at radius 3 is 2.50 bits per heavy atom.